The monoisotopic (exact) mass is 2330 g/mol. The maximum Gasteiger partial charge on any atom is 0.0571 e. The van der Waals surface area contributed by atoms with Crippen LogP contribution in [0.25, 0.3) is 78.4 Å². The van der Waals surface area contributed by atoms with Crippen molar-refractivity contribution in [2.75, 3.05) is 38.7 Å². The summed E-state index contributed by atoms with van der Waals surface area (Å²) in [6.07, 6.45) is 23.8. The molecule has 1 atom stereocenters. The van der Waals surface area contributed by atoms with Crippen molar-refractivity contribution in [1.29, 1.82) is 0 Å². The van der Waals surface area contributed by atoms with E-state index >= 15 is 0 Å². The average molecular weight is 2320 g/mol. The summed E-state index contributed by atoms with van der Waals surface area (Å²) >= 11 is 1.67. The minimum Gasteiger partial charge on any atom is -0.559 e. The van der Waals surface area contributed by atoms with E-state index in [-0.39, 0.29) is 91.9 Å². The summed E-state index contributed by atoms with van der Waals surface area (Å²) in [5.74, 6) is 1.90. The molecule has 0 bridgehead atoms. The van der Waals surface area contributed by atoms with Crippen LogP contribution in [0, 0.1) is 49.7 Å². The molecule has 3 aromatic heterocycles. The second-order valence-electron chi connectivity index (χ2n) is 29.2. The van der Waals surface area contributed by atoms with Crippen molar-refractivity contribution in [2.45, 2.75) is 56.4 Å². The molecule has 6 heterocycles. The van der Waals surface area contributed by atoms with Gasteiger partial charge in [0.15, 0.2) is 0 Å². The van der Waals surface area contributed by atoms with Crippen molar-refractivity contribution in [1.82, 2.24) is 28.9 Å². The van der Waals surface area contributed by atoms with Gasteiger partial charge in [-0.1, -0.05) is 196 Å². The van der Waals surface area contributed by atoms with Gasteiger partial charge in [-0.15, -0.1) is 155 Å². The molecule has 4 radical (unpaired) electrons. The molecule has 0 amide bonds. The second kappa shape index (κ2) is 44.6. The minimum atomic E-state index is -0.0265. The molecule has 17 heteroatoms. The van der Waals surface area contributed by atoms with Crippen molar-refractivity contribution in [2.24, 2.45) is 14.1 Å². The number of allylic oxidation sites excluding steroid dienone is 3. The van der Waals surface area contributed by atoms with E-state index in [0.717, 1.165) is 70.4 Å². The third-order valence-electron chi connectivity index (χ3n) is 20.6. The average Bonchev–Trinajstić information content (AvgIpc) is 1.58. The molecule has 12 nitrogen and oxygen atoms in total. The van der Waals surface area contributed by atoms with Crippen LogP contribution in [0.2, 0.25) is 0 Å². The Kier molecular flexibility index (Phi) is 34.1. The molecule has 12 aromatic carbocycles. The number of para-hydroxylation sites is 4. The van der Waals surface area contributed by atoms with Gasteiger partial charge in [-0.2, -0.15) is 90.7 Å². The molecule has 15 aromatic rings. The zero-order valence-electron chi connectivity index (χ0n) is 69.0. The van der Waals surface area contributed by atoms with Gasteiger partial charge in [0.1, 0.15) is 0 Å². The summed E-state index contributed by atoms with van der Waals surface area (Å²) in [6.45, 7) is 26.0. The van der Waals surface area contributed by atoms with E-state index in [1.807, 2.05) is 172 Å². The van der Waals surface area contributed by atoms with Gasteiger partial charge in [0, 0.05) is 159 Å². The molecule has 3 aliphatic heterocycles. The van der Waals surface area contributed by atoms with Gasteiger partial charge in [-0.05, 0) is 114 Å². The van der Waals surface area contributed by atoms with Gasteiger partial charge in [0.25, 0.3) is 0 Å². The van der Waals surface area contributed by atoms with Crippen molar-refractivity contribution in [3.63, 3.8) is 0 Å². The topological polar surface area (TPSA) is 83.8 Å². The van der Waals surface area contributed by atoms with Crippen LogP contribution in [0.5, 0.6) is 0 Å². The zero-order valence-corrected chi connectivity index (χ0v) is 79.4. The standard InChI is InChI=1S/C23H20N2.C21H20N2S.C20H16N2.C18H15N2.C13H13N2.C10H9N2.4Ir/c1-3-7-18-12-14-19(15-13-18)20-8-6-9-21(16-20)25-17-24(2)22-10-4-5-11-23(22)25;1-5-24-16-7-9-18-17-8-6-15(23-11-10-14(2)22-23)12-19(17)21(3,4)20(18)13-16;1-21-15-22(20-13-6-5-12-19(20)21)18-11-7-10-17(14-18)16-8-3-2-4-9-16;1-2-6-15-9-11-18(12-10-15)20-14-17(13-19-20)16-7-4-3-5-8-16;1-3-4-11-5-7-12(8-6-11)13-14-9-10-15(13)2;1-12-8-7-11-10(12)9-5-3-2-4-6-9;;;;/h3-6,8,10-17H,1,7H2,2H3;5,7-14H,1H2,2-4H3;2-10,12-15H,1H3;2-5,7-11,13-14H,1,6H2;3,5-7,9-10H,1,4H2,2H3;2-5,7-8H,1H3;;;;/q3*-2;3*-1;;;;. The first-order valence-corrected chi connectivity index (χ1v) is 40.2. The molecular formula is C105H93Ir4N12S-9. The first-order chi connectivity index (χ1) is 57.6. The number of hydrogen-bond donors (Lipinski definition) is 0. The summed E-state index contributed by atoms with van der Waals surface area (Å²) in [5.41, 5.74) is 31.6. The fourth-order valence-corrected chi connectivity index (χ4v) is 15.0. The fraction of sp³-hybridized carbons (Fsp3) is 0.114. The number of rotatable bonds is 17. The Balaban J connectivity index is 0.000000155. The molecule has 1 aliphatic carbocycles. The molecule has 0 saturated heterocycles. The Hall–Kier alpha value is -11.1. The van der Waals surface area contributed by atoms with E-state index < -0.39 is 0 Å². The number of aromatic nitrogens is 6. The quantitative estimate of drug-likeness (QED) is 0.0503. The van der Waals surface area contributed by atoms with Crippen LogP contribution in [-0.2, 0) is 119 Å². The summed E-state index contributed by atoms with van der Waals surface area (Å²) in [4.78, 5) is 18.4. The first kappa shape index (κ1) is 93.2. The molecule has 4 aliphatic rings. The smallest absolute Gasteiger partial charge is 0.0571 e. The predicted octanol–water partition coefficient (Wildman–Crippen LogP) is 25.1. The second-order valence-corrected chi connectivity index (χ2v) is 30.2. The molecule has 0 fully saturated rings. The van der Waals surface area contributed by atoms with Crippen molar-refractivity contribution >= 4 is 51.6 Å². The molecule has 624 valence electrons. The van der Waals surface area contributed by atoms with Crippen LogP contribution in [0.15, 0.2) is 365 Å². The zero-order chi connectivity index (χ0) is 81.9. The van der Waals surface area contributed by atoms with Gasteiger partial charge in [0.05, 0.1) is 17.8 Å². The van der Waals surface area contributed by atoms with Crippen LogP contribution in [0.1, 0.15) is 48.6 Å². The Labute approximate surface area is 779 Å². The Bertz CT molecular complexity index is 5930. The van der Waals surface area contributed by atoms with Gasteiger partial charge in [0.2, 0.25) is 0 Å². The van der Waals surface area contributed by atoms with E-state index in [2.05, 4.69) is 333 Å². The van der Waals surface area contributed by atoms with Crippen LogP contribution < -0.4 is 24.6 Å². The number of aryl methyl sites for hydroxylation is 2. The molecule has 122 heavy (non-hydrogen) atoms. The van der Waals surface area contributed by atoms with E-state index in [1.165, 1.54) is 94.4 Å². The molecule has 0 N–H and O–H groups in total. The molecule has 0 saturated carbocycles. The van der Waals surface area contributed by atoms with Crippen LogP contribution in [0.3, 0.4) is 0 Å². The first-order valence-electron chi connectivity index (χ1n) is 39.3. The molecule has 0 spiro atoms. The van der Waals surface area contributed by atoms with Crippen LogP contribution in [0.4, 0.5) is 39.8 Å². The number of benzene rings is 12. The predicted molar refractivity (Wildman–Crippen MR) is 492 cm³/mol. The number of imidazole rings is 2. The number of thioether (sulfide) groups is 1. The Morgan fingerprint density at radius 3 is 1.45 bits per heavy atom. The van der Waals surface area contributed by atoms with Crippen molar-refractivity contribution in [3.8, 4) is 73.0 Å². The Morgan fingerprint density at radius 2 is 0.951 bits per heavy atom. The minimum absolute atomic E-state index is 0. The normalized spacial score (nSPS) is 13.0. The van der Waals surface area contributed by atoms with E-state index in [0.29, 0.717) is 0 Å². The summed E-state index contributed by atoms with van der Waals surface area (Å²) in [5, 5.41) is 8.22. The fourth-order valence-electron chi connectivity index (χ4n) is 14.4. The maximum absolute atomic E-state index is 4.60. The van der Waals surface area contributed by atoms with Crippen molar-refractivity contribution in [3.05, 3.63) is 443 Å². The number of fused-ring (bicyclic) bond motifs is 5. The Morgan fingerprint density at radius 1 is 0.451 bits per heavy atom. The number of anilines is 7. The summed E-state index contributed by atoms with van der Waals surface area (Å²) in [6, 6.07) is 110. The van der Waals surface area contributed by atoms with Gasteiger partial charge < -0.3 is 39.2 Å². The van der Waals surface area contributed by atoms with E-state index in [9.17, 15) is 0 Å². The van der Waals surface area contributed by atoms with Crippen LogP contribution >= 0.6 is 11.8 Å². The van der Waals surface area contributed by atoms with E-state index in [4.69, 9.17) is 0 Å². The largest absolute Gasteiger partial charge is 0.559 e. The SMILES string of the molecule is C=CCc1c[c-]c(-c2nccn2C)cc1.C=CCc1c[c-]c(-n2cc(-c3ccccc3)cn2)cc1.C=CCc1ccc(-c2cc[c-]c(N3[CH-]N(C)c4ccccc43)c2)cc1.C=CSc1ccc2c(c1)C(C)(C)c1cc(N3C=CC(C)[N-]3)[c-]cc1-2.CN1[CH-]N(c2[c-]ccc(-c3ccccc3)c2)c2ccccc21.Cn1ccnc1-c1[c-]cccc1.[Ir].[Ir].[Ir].[Ir]. The molecule has 19 rings (SSSR count). The third-order valence-corrected chi connectivity index (χ3v) is 21.3. The van der Waals surface area contributed by atoms with Gasteiger partial charge in [-0.25, -0.2) is 0 Å². The van der Waals surface area contributed by atoms with Gasteiger partial charge >= 0.3 is 0 Å². The number of nitrogens with zero attached hydrogens (tertiary/aromatic N) is 12. The summed E-state index contributed by atoms with van der Waals surface area (Å²) in [7, 11) is 8.10. The number of hydrogen-bond acceptors (Lipinski definition) is 9. The summed E-state index contributed by atoms with van der Waals surface area (Å²) < 4.78 is 5.81. The van der Waals surface area contributed by atoms with Crippen LogP contribution in [-0.4, -0.2) is 49.0 Å². The van der Waals surface area contributed by atoms with Gasteiger partial charge in [-0.3, -0.25) is 14.6 Å². The maximum atomic E-state index is 4.60. The molecule has 1 unspecified atom stereocenters. The van der Waals surface area contributed by atoms with Crippen molar-refractivity contribution < 1.29 is 80.4 Å². The van der Waals surface area contributed by atoms with E-state index in [1.54, 1.807) is 24.2 Å². The third kappa shape index (κ3) is 22.6. The molecular weight excluding hydrogens is 2230 g/mol.